The van der Waals surface area contributed by atoms with Gasteiger partial charge in [0, 0.05) is 10.1 Å². The van der Waals surface area contributed by atoms with Crippen LogP contribution in [0.5, 0.6) is 0 Å². The Kier molecular flexibility index (Phi) is 7.12. The van der Waals surface area contributed by atoms with Gasteiger partial charge >= 0.3 is 0 Å². The molecule has 1 nitrogen and oxygen atoms in total. The molecule has 2 rings (SSSR count). The molecule has 0 saturated heterocycles. The number of unbranched alkanes of at least 4 members (excludes halogenated alkanes) is 5. The molecule has 0 aromatic heterocycles. The minimum atomic E-state index is -0.346. The highest BCUT2D eigenvalue weighted by molar-refractivity contribution is 8.00. The Morgan fingerprint density at radius 3 is 2.71 bits per heavy atom. The summed E-state index contributed by atoms with van der Waals surface area (Å²) in [6.45, 7) is 4.12. The van der Waals surface area contributed by atoms with E-state index in [9.17, 15) is 5.11 Å². The smallest absolute Gasteiger partial charge is 0.0762 e. The fourth-order valence-electron chi connectivity index (χ4n) is 3.08. The third-order valence-electron chi connectivity index (χ3n) is 4.48. The van der Waals surface area contributed by atoms with Crippen LogP contribution in [0.15, 0.2) is 23.1 Å². The summed E-state index contributed by atoms with van der Waals surface area (Å²) in [4.78, 5) is 1.45. The number of aliphatic hydroxyl groups is 1. The molecule has 0 aliphatic carbocycles. The van der Waals surface area contributed by atoms with Crippen LogP contribution in [0.3, 0.4) is 0 Å². The molecule has 1 aromatic carbocycles. The van der Waals surface area contributed by atoms with E-state index in [-0.39, 0.29) is 6.10 Å². The molecule has 2 heteroatoms. The third kappa shape index (κ3) is 5.34. The van der Waals surface area contributed by atoms with Crippen LogP contribution in [-0.2, 0) is 6.42 Å². The predicted octanol–water partition coefficient (Wildman–Crippen LogP) is 5.90. The highest BCUT2D eigenvalue weighted by Crippen LogP contribution is 2.38. The SMILES string of the molecule is CCCCCCCCC1CCc2cc(C(C)O)ccc2S1. The standard InChI is InChI=1S/C19H30OS/c1-3-4-5-6-7-8-9-18-12-10-17-14-16(15(2)20)11-13-19(17)21-18/h11,13-15,18,20H,3-10,12H2,1-2H3. The summed E-state index contributed by atoms with van der Waals surface area (Å²) >= 11 is 2.06. The van der Waals surface area contributed by atoms with Gasteiger partial charge in [-0.15, -0.1) is 11.8 Å². The van der Waals surface area contributed by atoms with E-state index in [0.29, 0.717) is 0 Å². The predicted molar refractivity (Wildman–Crippen MR) is 93.0 cm³/mol. The van der Waals surface area contributed by atoms with Crippen LogP contribution < -0.4 is 0 Å². The van der Waals surface area contributed by atoms with Crippen molar-refractivity contribution in [3.05, 3.63) is 29.3 Å². The van der Waals surface area contributed by atoms with Gasteiger partial charge < -0.3 is 5.11 Å². The number of rotatable bonds is 8. The summed E-state index contributed by atoms with van der Waals surface area (Å²) in [5, 5.41) is 10.5. The molecule has 2 atom stereocenters. The second kappa shape index (κ2) is 8.85. The maximum atomic E-state index is 9.68. The third-order valence-corrected chi connectivity index (χ3v) is 5.93. The van der Waals surface area contributed by atoms with E-state index in [2.05, 4.69) is 36.9 Å². The summed E-state index contributed by atoms with van der Waals surface area (Å²) in [6, 6.07) is 6.51. The molecule has 1 aliphatic rings. The Bertz CT molecular complexity index is 428. The van der Waals surface area contributed by atoms with Crippen molar-refractivity contribution in [1.82, 2.24) is 0 Å². The topological polar surface area (TPSA) is 20.2 Å². The van der Waals surface area contributed by atoms with Crippen molar-refractivity contribution in [2.75, 3.05) is 0 Å². The van der Waals surface area contributed by atoms with Crippen LogP contribution in [0.2, 0.25) is 0 Å². The lowest BCUT2D eigenvalue weighted by Gasteiger charge is -2.25. The van der Waals surface area contributed by atoms with Crippen LogP contribution in [0.1, 0.15) is 82.4 Å². The van der Waals surface area contributed by atoms with Crippen molar-refractivity contribution in [1.29, 1.82) is 0 Å². The molecular formula is C19H30OS. The second-order valence-electron chi connectivity index (χ2n) is 6.38. The van der Waals surface area contributed by atoms with E-state index in [0.717, 1.165) is 10.8 Å². The van der Waals surface area contributed by atoms with E-state index in [1.165, 1.54) is 68.2 Å². The molecule has 1 heterocycles. The van der Waals surface area contributed by atoms with E-state index >= 15 is 0 Å². The zero-order valence-electron chi connectivity index (χ0n) is 13.6. The number of hydrogen-bond acceptors (Lipinski definition) is 2. The van der Waals surface area contributed by atoms with Crippen LogP contribution in [0.25, 0.3) is 0 Å². The molecule has 1 aromatic rings. The Balaban J connectivity index is 1.75. The molecule has 21 heavy (non-hydrogen) atoms. The zero-order valence-corrected chi connectivity index (χ0v) is 14.4. The van der Waals surface area contributed by atoms with Crippen molar-refractivity contribution >= 4 is 11.8 Å². The largest absolute Gasteiger partial charge is 0.389 e. The van der Waals surface area contributed by atoms with Crippen molar-refractivity contribution in [3.63, 3.8) is 0 Å². The maximum absolute atomic E-state index is 9.68. The van der Waals surface area contributed by atoms with Gasteiger partial charge in [0.05, 0.1) is 6.10 Å². The van der Waals surface area contributed by atoms with Crippen LogP contribution in [0.4, 0.5) is 0 Å². The van der Waals surface area contributed by atoms with Crippen LogP contribution >= 0.6 is 11.8 Å². The van der Waals surface area contributed by atoms with E-state index < -0.39 is 0 Å². The average Bonchev–Trinajstić information content (AvgIpc) is 2.50. The van der Waals surface area contributed by atoms with Crippen molar-refractivity contribution in [2.45, 2.75) is 87.9 Å². The minimum absolute atomic E-state index is 0.346. The fourth-order valence-corrected chi connectivity index (χ4v) is 4.42. The molecule has 0 fully saturated rings. The number of aryl methyl sites for hydroxylation is 1. The molecule has 0 radical (unpaired) electrons. The molecule has 2 unspecified atom stereocenters. The summed E-state index contributed by atoms with van der Waals surface area (Å²) in [5.41, 5.74) is 2.50. The van der Waals surface area contributed by atoms with Crippen molar-refractivity contribution in [2.24, 2.45) is 0 Å². The molecular weight excluding hydrogens is 276 g/mol. The first-order valence-electron chi connectivity index (χ1n) is 8.68. The Hall–Kier alpha value is -0.470. The lowest BCUT2D eigenvalue weighted by Crippen LogP contribution is -2.11. The summed E-state index contributed by atoms with van der Waals surface area (Å²) < 4.78 is 0. The zero-order chi connectivity index (χ0) is 15.1. The molecule has 1 aliphatic heterocycles. The molecule has 0 saturated carbocycles. The van der Waals surface area contributed by atoms with E-state index in [1.807, 2.05) is 6.92 Å². The van der Waals surface area contributed by atoms with Gasteiger partial charge in [-0.05, 0) is 43.4 Å². The second-order valence-corrected chi connectivity index (χ2v) is 7.72. The highest BCUT2D eigenvalue weighted by Gasteiger charge is 2.19. The van der Waals surface area contributed by atoms with Gasteiger partial charge in [-0.2, -0.15) is 0 Å². The van der Waals surface area contributed by atoms with Gasteiger partial charge in [0.15, 0.2) is 0 Å². The van der Waals surface area contributed by atoms with Crippen LogP contribution in [-0.4, -0.2) is 10.4 Å². The molecule has 0 amide bonds. The van der Waals surface area contributed by atoms with E-state index in [4.69, 9.17) is 0 Å². The number of benzene rings is 1. The summed E-state index contributed by atoms with van der Waals surface area (Å²) in [6.07, 6.45) is 11.9. The Morgan fingerprint density at radius 1 is 1.19 bits per heavy atom. The Labute approximate surface area is 134 Å². The lowest BCUT2D eigenvalue weighted by atomic mass is 10.00. The lowest BCUT2D eigenvalue weighted by molar-refractivity contribution is 0.199. The van der Waals surface area contributed by atoms with E-state index in [1.54, 1.807) is 0 Å². The molecule has 118 valence electrons. The number of aliphatic hydroxyl groups excluding tert-OH is 1. The first-order chi connectivity index (χ1) is 10.2. The number of fused-ring (bicyclic) bond motifs is 1. The minimum Gasteiger partial charge on any atom is -0.389 e. The van der Waals surface area contributed by atoms with Crippen molar-refractivity contribution < 1.29 is 5.11 Å². The molecule has 0 bridgehead atoms. The highest BCUT2D eigenvalue weighted by atomic mass is 32.2. The Morgan fingerprint density at radius 2 is 1.95 bits per heavy atom. The first kappa shape index (κ1) is 16.9. The summed E-state index contributed by atoms with van der Waals surface area (Å²) in [5.74, 6) is 0. The average molecular weight is 307 g/mol. The quantitative estimate of drug-likeness (QED) is 0.604. The maximum Gasteiger partial charge on any atom is 0.0762 e. The van der Waals surface area contributed by atoms with Gasteiger partial charge in [0.25, 0.3) is 0 Å². The van der Waals surface area contributed by atoms with Gasteiger partial charge in [0.2, 0.25) is 0 Å². The van der Waals surface area contributed by atoms with Crippen LogP contribution in [0, 0.1) is 0 Å². The van der Waals surface area contributed by atoms with Gasteiger partial charge in [0.1, 0.15) is 0 Å². The summed E-state index contributed by atoms with van der Waals surface area (Å²) in [7, 11) is 0. The van der Waals surface area contributed by atoms with Gasteiger partial charge in [-0.3, -0.25) is 0 Å². The first-order valence-corrected chi connectivity index (χ1v) is 9.56. The number of hydrogen-bond donors (Lipinski definition) is 1. The molecule has 0 spiro atoms. The van der Waals surface area contributed by atoms with Gasteiger partial charge in [-0.25, -0.2) is 0 Å². The number of thioether (sulfide) groups is 1. The normalized spacial score (nSPS) is 19.3. The van der Waals surface area contributed by atoms with Crippen molar-refractivity contribution in [3.8, 4) is 0 Å². The fraction of sp³-hybridized carbons (Fsp3) is 0.684. The molecule has 1 N–H and O–H groups in total. The monoisotopic (exact) mass is 306 g/mol. The van der Waals surface area contributed by atoms with Gasteiger partial charge in [-0.1, -0.05) is 57.6 Å².